The molecular weight excluding hydrogens is 222 g/mol. The van der Waals surface area contributed by atoms with Crippen LogP contribution in [0.4, 0.5) is 0 Å². The predicted octanol–water partition coefficient (Wildman–Crippen LogP) is 3.20. The van der Waals surface area contributed by atoms with Crippen molar-refractivity contribution >= 4 is 0 Å². The fourth-order valence-electron chi connectivity index (χ4n) is 2.82. The minimum absolute atomic E-state index is 0.243. The number of hydrogen-bond acceptors (Lipinski definition) is 2. The van der Waals surface area contributed by atoms with Crippen molar-refractivity contribution in [1.29, 1.82) is 0 Å². The number of aromatic amines is 1. The summed E-state index contributed by atoms with van der Waals surface area (Å²) in [6, 6.07) is 0.243. The monoisotopic (exact) mass is 247 g/mol. The maximum Gasteiger partial charge on any atom is 0.0923 e. The molecule has 0 aromatic carbocycles. The lowest BCUT2D eigenvalue weighted by Crippen LogP contribution is -2.22. The van der Waals surface area contributed by atoms with E-state index in [1.165, 1.54) is 38.5 Å². The third-order valence-electron chi connectivity index (χ3n) is 3.84. The lowest BCUT2D eigenvalue weighted by Gasteiger charge is -2.23. The Morgan fingerprint density at radius 3 is 2.94 bits per heavy atom. The van der Waals surface area contributed by atoms with E-state index in [1.807, 2.05) is 6.20 Å². The molecule has 1 heterocycles. The van der Waals surface area contributed by atoms with Crippen LogP contribution in [0.25, 0.3) is 0 Å². The highest BCUT2D eigenvalue weighted by atomic mass is 14.9. The Hall–Kier alpha value is -1.09. The molecule has 0 amide bonds. The van der Waals surface area contributed by atoms with Crippen LogP contribution in [0.1, 0.15) is 50.6 Å². The fourth-order valence-corrected chi connectivity index (χ4v) is 2.82. The SMILES string of the molecule is N[C@H](/C=C\CCc1c[nH]cn1)CC1CCCCC1. The number of nitrogens with one attached hydrogen (secondary N) is 1. The van der Waals surface area contributed by atoms with Crippen LogP contribution in [-0.2, 0) is 6.42 Å². The Morgan fingerprint density at radius 2 is 2.22 bits per heavy atom. The van der Waals surface area contributed by atoms with Crippen LogP contribution in [0, 0.1) is 5.92 Å². The van der Waals surface area contributed by atoms with Gasteiger partial charge in [-0.3, -0.25) is 0 Å². The van der Waals surface area contributed by atoms with Crippen LogP contribution in [0.2, 0.25) is 0 Å². The number of allylic oxidation sites excluding steroid dienone is 1. The lowest BCUT2D eigenvalue weighted by atomic mass is 9.85. The maximum atomic E-state index is 6.16. The van der Waals surface area contributed by atoms with Gasteiger partial charge in [0, 0.05) is 12.2 Å². The largest absolute Gasteiger partial charge is 0.351 e. The number of aryl methyl sites for hydroxylation is 1. The number of nitrogens with two attached hydrogens (primary N) is 1. The smallest absolute Gasteiger partial charge is 0.0923 e. The first-order valence-electron chi connectivity index (χ1n) is 7.24. The molecule has 1 aromatic heterocycles. The van der Waals surface area contributed by atoms with Gasteiger partial charge in [-0.05, 0) is 25.2 Å². The molecule has 1 aromatic rings. The Bertz CT molecular complexity index is 337. The zero-order valence-corrected chi connectivity index (χ0v) is 11.1. The molecule has 3 heteroatoms. The Morgan fingerprint density at radius 1 is 1.39 bits per heavy atom. The van der Waals surface area contributed by atoms with Crippen molar-refractivity contribution in [2.75, 3.05) is 0 Å². The molecule has 3 N–H and O–H groups in total. The van der Waals surface area contributed by atoms with Gasteiger partial charge in [-0.15, -0.1) is 0 Å². The molecule has 100 valence electrons. The third-order valence-corrected chi connectivity index (χ3v) is 3.84. The van der Waals surface area contributed by atoms with Crippen LogP contribution >= 0.6 is 0 Å². The van der Waals surface area contributed by atoms with Gasteiger partial charge < -0.3 is 10.7 Å². The number of aromatic nitrogens is 2. The Balaban J connectivity index is 1.62. The summed E-state index contributed by atoms with van der Waals surface area (Å²) in [6.45, 7) is 0. The molecule has 0 spiro atoms. The average Bonchev–Trinajstić information content (AvgIpc) is 2.89. The minimum Gasteiger partial charge on any atom is -0.351 e. The van der Waals surface area contributed by atoms with E-state index in [4.69, 9.17) is 5.73 Å². The molecule has 0 unspecified atom stereocenters. The van der Waals surface area contributed by atoms with Crippen LogP contribution in [-0.4, -0.2) is 16.0 Å². The van der Waals surface area contributed by atoms with Gasteiger partial charge in [0.25, 0.3) is 0 Å². The summed E-state index contributed by atoms with van der Waals surface area (Å²) < 4.78 is 0. The summed E-state index contributed by atoms with van der Waals surface area (Å²) in [5, 5.41) is 0. The predicted molar refractivity (Wildman–Crippen MR) is 75.2 cm³/mol. The van der Waals surface area contributed by atoms with Gasteiger partial charge >= 0.3 is 0 Å². The van der Waals surface area contributed by atoms with Gasteiger partial charge in [0.05, 0.1) is 12.0 Å². The van der Waals surface area contributed by atoms with Crippen LogP contribution < -0.4 is 5.73 Å². The van der Waals surface area contributed by atoms with Crippen molar-refractivity contribution in [3.63, 3.8) is 0 Å². The quantitative estimate of drug-likeness (QED) is 0.758. The molecule has 2 rings (SSSR count). The minimum atomic E-state index is 0.243. The standard InChI is InChI=1S/C15H25N3/c16-14(10-13-6-2-1-3-7-13)8-4-5-9-15-11-17-12-18-15/h4,8,11-14H,1-3,5-7,9-10,16H2,(H,17,18)/b8-4-/t14-/m1/s1. The number of H-pyrrole nitrogens is 1. The van der Waals surface area contributed by atoms with Crippen molar-refractivity contribution in [3.05, 3.63) is 30.4 Å². The molecule has 1 saturated carbocycles. The molecule has 0 bridgehead atoms. The van der Waals surface area contributed by atoms with Crippen LogP contribution in [0.3, 0.4) is 0 Å². The second-order valence-electron chi connectivity index (χ2n) is 5.43. The van der Waals surface area contributed by atoms with Gasteiger partial charge in [-0.2, -0.15) is 0 Å². The molecule has 18 heavy (non-hydrogen) atoms. The van der Waals surface area contributed by atoms with E-state index in [0.29, 0.717) is 0 Å². The topological polar surface area (TPSA) is 54.7 Å². The normalized spacial score (nSPS) is 19.4. The van der Waals surface area contributed by atoms with E-state index in [-0.39, 0.29) is 6.04 Å². The van der Waals surface area contributed by atoms with E-state index < -0.39 is 0 Å². The second-order valence-corrected chi connectivity index (χ2v) is 5.43. The van der Waals surface area contributed by atoms with E-state index in [2.05, 4.69) is 22.1 Å². The molecule has 0 saturated heterocycles. The van der Waals surface area contributed by atoms with Crippen LogP contribution in [0.15, 0.2) is 24.7 Å². The third kappa shape index (κ3) is 4.65. The van der Waals surface area contributed by atoms with Gasteiger partial charge in [-0.1, -0.05) is 44.3 Å². The van der Waals surface area contributed by atoms with Crippen molar-refractivity contribution in [1.82, 2.24) is 9.97 Å². The molecule has 0 aliphatic heterocycles. The van der Waals surface area contributed by atoms with E-state index in [1.54, 1.807) is 6.33 Å². The van der Waals surface area contributed by atoms with Crippen LogP contribution in [0.5, 0.6) is 0 Å². The Kier molecular flexibility index (Phi) is 5.46. The van der Waals surface area contributed by atoms with E-state index in [9.17, 15) is 0 Å². The molecule has 3 nitrogen and oxygen atoms in total. The van der Waals surface area contributed by atoms with Gasteiger partial charge in [0.2, 0.25) is 0 Å². The average molecular weight is 247 g/mol. The summed E-state index contributed by atoms with van der Waals surface area (Å²) in [5.41, 5.74) is 7.28. The molecule has 1 atom stereocenters. The van der Waals surface area contributed by atoms with Gasteiger partial charge in [-0.25, -0.2) is 4.98 Å². The van der Waals surface area contributed by atoms with Crippen molar-refractivity contribution < 1.29 is 0 Å². The summed E-state index contributed by atoms with van der Waals surface area (Å²) in [5.74, 6) is 0.866. The van der Waals surface area contributed by atoms with Gasteiger partial charge in [0.1, 0.15) is 0 Å². The molecule has 1 aliphatic carbocycles. The zero-order valence-electron chi connectivity index (χ0n) is 11.1. The lowest BCUT2D eigenvalue weighted by molar-refractivity contribution is 0.329. The summed E-state index contributed by atoms with van der Waals surface area (Å²) in [6.07, 6.45) is 18.3. The number of hydrogen-bond donors (Lipinski definition) is 2. The first-order chi connectivity index (χ1) is 8.84. The number of rotatable bonds is 6. The highest BCUT2D eigenvalue weighted by molar-refractivity contribution is 4.99. The first kappa shape index (κ1) is 13.3. The van der Waals surface area contributed by atoms with Gasteiger partial charge in [0.15, 0.2) is 0 Å². The Labute approximate surface area is 110 Å². The summed E-state index contributed by atoms with van der Waals surface area (Å²) in [4.78, 5) is 7.18. The maximum absolute atomic E-state index is 6.16. The summed E-state index contributed by atoms with van der Waals surface area (Å²) >= 11 is 0. The molecule has 1 fully saturated rings. The zero-order chi connectivity index (χ0) is 12.6. The molecular formula is C15H25N3. The second kappa shape index (κ2) is 7.37. The van der Waals surface area contributed by atoms with Crippen molar-refractivity contribution in [2.24, 2.45) is 11.7 Å². The highest BCUT2D eigenvalue weighted by Crippen LogP contribution is 2.27. The summed E-state index contributed by atoms with van der Waals surface area (Å²) in [7, 11) is 0. The molecule has 0 radical (unpaired) electrons. The van der Waals surface area contributed by atoms with Crippen molar-refractivity contribution in [3.8, 4) is 0 Å². The van der Waals surface area contributed by atoms with Crippen molar-refractivity contribution in [2.45, 2.75) is 57.4 Å². The highest BCUT2D eigenvalue weighted by Gasteiger charge is 2.15. The number of imidazole rings is 1. The van der Waals surface area contributed by atoms with E-state index in [0.717, 1.165) is 24.5 Å². The van der Waals surface area contributed by atoms with E-state index >= 15 is 0 Å². The fraction of sp³-hybridized carbons (Fsp3) is 0.667. The first-order valence-corrected chi connectivity index (χ1v) is 7.24. The molecule has 1 aliphatic rings. The number of nitrogens with zero attached hydrogens (tertiary/aromatic N) is 1.